The summed E-state index contributed by atoms with van der Waals surface area (Å²) in [5.41, 5.74) is 0. The second kappa shape index (κ2) is 5.22. The number of aliphatic hydroxyl groups is 1. The molecule has 3 nitrogen and oxygen atoms in total. The minimum atomic E-state index is -5.55. The van der Waals surface area contributed by atoms with E-state index in [0.717, 1.165) is 0 Å². The monoisotopic (exact) mass is 282 g/mol. The maximum atomic E-state index is 12.2. The molecule has 1 aliphatic carbocycles. The van der Waals surface area contributed by atoms with Crippen LogP contribution in [0.15, 0.2) is 0 Å². The molecule has 1 saturated carbocycles. The summed E-state index contributed by atoms with van der Waals surface area (Å²) < 4.78 is 82.0. The van der Waals surface area contributed by atoms with Crippen molar-refractivity contribution in [3.05, 3.63) is 0 Å². The van der Waals surface area contributed by atoms with Crippen molar-refractivity contribution in [2.24, 2.45) is 0 Å². The number of hydrogen-bond acceptors (Lipinski definition) is 3. The summed E-state index contributed by atoms with van der Waals surface area (Å²) in [5.74, 6) is 0. The van der Waals surface area contributed by atoms with Crippen LogP contribution in [-0.4, -0.2) is 48.5 Å². The smallest absolute Gasteiger partial charge is 0.390 e. The predicted molar refractivity (Wildman–Crippen MR) is 46.8 cm³/mol. The number of halogens is 6. The van der Waals surface area contributed by atoms with Gasteiger partial charge in [0.2, 0.25) is 6.10 Å². The molecule has 0 radical (unpaired) electrons. The number of hydrogen-bond donors (Lipinski definition) is 1. The SMILES string of the molecule is CCOC1C(O)CC1OC(C(F)(F)F)C(F)(F)F. The Morgan fingerprint density at radius 2 is 1.67 bits per heavy atom. The van der Waals surface area contributed by atoms with Crippen LogP contribution in [0.2, 0.25) is 0 Å². The summed E-state index contributed by atoms with van der Waals surface area (Å²) in [7, 11) is 0. The second-order valence-electron chi connectivity index (χ2n) is 3.86. The van der Waals surface area contributed by atoms with Crippen molar-refractivity contribution < 1.29 is 40.9 Å². The molecule has 0 aromatic rings. The molecular weight excluding hydrogens is 270 g/mol. The Kier molecular flexibility index (Phi) is 4.50. The quantitative estimate of drug-likeness (QED) is 0.802. The molecule has 108 valence electrons. The Morgan fingerprint density at radius 3 is 2.00 bits per heavy atom. The van der Waals surface area contributed by atoms with Crippen LogP contribution >= 0.6 is 0 Å². The highest BCUT2D eigenvalue weighted by atomic mass is 19.4. The Bertz CT molecular complexity index is 262. The molecule has 1 fully saturated rings. The lowest BCUT2D eigenvalue weighted by atomic mass is 9.88. The Morgan fingerprint density at radius 1 is 1.17 bits per heavy atom. The molecule has 0 aromatic heterocycles. The molecule has 0 aromatic carbocycles. The van der Waals surface area contributed by atoms with Crippen molar-refractivity contribution in [3.8, 4) is 0 Å². The van der Waals surface area contributed by atoms with Crippen molar-refractivity contribution in [1.29, 1.82) is 0 Å². The summed E-state index contributed by atoms with van der Waals surface area (Å²) in [6.07, 6.45) is -18.9. The first kappa shape index (κ1) is 15.5. The molecule has 0 aliphatic heterocycles. The van der Waals surface area contributed by atoms with Crippen LogP contribution < -0.4 is 0 Å². The molecule has 1 rings (SSSR count). The summed E-state index contributed by atoms with van der Waals surface area (Å²) in [6.45, 7) is 1.57. The lowest BCUT2D eigenvalue weighted by Gasteiger charge is -2.42. The molecule has 3 atom stereocenters. The molecule has 0 saturated heterocycles. The Hall–Kier alpha value is -0.540. The zero-order valence-corrected chi connectivity index (χ0v) is 9.26. The van der Waals surface area contributed by atoms with E-state index in [2.05, 4.69) is 4.74 Å². The van der Waals surface area contributed by atoms with E-state index in [9.17, 15) is 26.3 Å². The largest absolute Gasteiger partial charge is 0.423 e. The first-order chi connectivity index (χ1) is 8.07. The summed E-state index contributed by atoms with van der Waals surface area (Å²) in [4.78, 5) is 0. The molecular formula is C9H12F6O3. The fourth-order valence-electron chi connectivity index (χ4n) is 1.62. The van der Waals surface area contributed by atoms with Gasteiger partial charge in [-0.15, -0.1) is 0 Å². The number of aliphatic hydroxyl groups excluding tert-OH is 1. The Balaban J connectivity index is 2.68. The highest BCUT2D eigenvalue weighted by Gasteiger charge is 2.60. The summed E-state index contributed by atoms with van der Waals surface area (Å²) in [5, 5.41) is 9.16. The first-order valence-electron chi connectivity index (χ1n) is 5.16. The van der Waals surface area contributed by atoms with Gasteiger partial charge in [-0.2, -0.15) is 26.3 Å². The van der Waals surface area contributed by atoms with E-state index < -0.39 is 36.8 Å². The van der Waals surface area contributed by atoms with Gasteiger partial charge in [0.1, 0.15) is 6.10 Å². The maximum absolute atomic E-state index is 12.2. The Labute approximate surface area is 98.7 Å². The van der Waals surface area contributed by atoms with Crippen LogP contribution in [-0.2, 0) is 9.47 Å². The van der Waals surface area contributed by atoms with Crippen molar-refractivity contribution in [3.63, 3.8) is 0 Å². The number of rotatable bonds is 4. The second-order valence-corrected chi connectivity index (χ2v) is 3.86. The van der Waals surface area contributed by atoms with Gasteiger partial charge in [0.25, 0.3) is 0 Å². The van der Waals surface area contributed by atoms with E-state index in [4.69, 9.17) is 9.84 Å². The summed E-state index contributed by atoms with van der Waals surface area (Å²) in [6, 6.07) is 0. The molecule has 9 heteroatoms. The van der Waals surface area contributed by atoms with Gasteiger partial charge in [-0.1, -0.05) is 0 Å². The van der Waals surface area contributed by atoms with E-state index >= 15 is 0 Å². The van der Waals surface area contributed by atoms with Crippen LogP contribution in [0, 0.1) is 0 Å². The number of alkyl halides is 6. The topological polar surface area (TPSA) is 38.7 Å². The molecule has 1 aliphatic rings. The molecule has 3 unspecified atom stereocenters. The fraction of sp³-hybridized carbons (Fsp3) is 1.00. The van der Waals surface area contributed by atoms with E-state index in [1.165, 1.54) is 6.92 Å². The van der Waals surface area contributed by atoms with Crippen LogP contribution in [0.1, 0.15) is 13.3 Å². The highest BCUT2D eigenvalue weighted by Crippen LogP contribution is 2.39. The maximum Gasteiger partial charge on any atom is 0.423 e. The molecule has 18 heavy (non-hydrogen) atoms. The van der Waals surface area contributed by atoms with Gasteiger partial charge in [-0.3, -0.25) is 0 Å². The van der Waals surface area contributed by atoms with Crippen LogP contribution in [0.3, 0.4) is 0 Å². The lowest BCUT2D eigenvalue weighted by molar-refractivity contribution is -0.350. The average Bonchev–Trinajstić information content (AvgIpc) is 2.16. The predicted octanol–water partition coefficient (Wildman–Crippen LogP) is 2.03. The minimum Gasteiger partial charge on any atom is -0.390 e. The van der Waals surface area contributed by atoms with Crippen LogP contribution in [0.25, 0.3) is 0 Å². The van der Waals surface area contributed by atoms with Gasteiger partial charge in [0.05, 0.1) is 12.2 Å². The fourth-order valence-corrected chi connectivity index (χ4v) is 1.62. The van der Waals surface area contributed by atoms with Gasteiger partial charge >= 0.3 is 12.4 Å². The van der Waals surface area contributed by atoms with Gasteiger partial charge in [-0.25, -0.2) is 0 Å². The third-order valence-corrected chi connectivity index (χ3v) is 2.48. The highest BCUT2D eigenvalue weighted by molar-refractivity contribution is 4.94. The van der Waals surface area contributed by atoms with Gasteiger partial charge in [0.15, 0.2) is 0 Å². The van der Waals surface area contributed by atoms with E-state index in [1.54, 1.807) is 0 Å². The van der Waals surface area contributed by atoms with Gasteiger partial charge in [-0.05, 0) is 6.92 Å². The van der Waals surface area contributed by atoms with E-state index in [1.807, 2.05) is 0 Å². The zero-order valence-electron chi connectivity index (χ0n) is 9.26. The third kappa shape index (κ3) is 3.48. The van der Waals surface area contributed by atoms with E-state index in [-0.39, 0.29) is 13.0 Å². The van der Waals surface area contributed by atoms with Crippen LogP contribution in [0.5, 0.6) is 0 Å². The van der Waals surface area contributed by atoms with Crippen molar-refractivity contribution in [2.45, 2.75) is 50.1 Å². The lowest BCUT2D eigenvalue weighted by Crippen LogP contribution is -2.58. The minimum absolute atomic E-state index is 0.0598. The first-order valence-corrected chi connectivity index (χ1v) is 5.16. The summed E-state index contributed by atoms with van der Waals surface area (Å²) >= 11 is 0. The zero-order chi connectivity index (χ0) is 14.1. The van der Waals surface area contributed by atoms with Gasteiger partial charge < -0.3 is 14.6 Å². The third-order valence-electron chi connectivity index (χ3n) is 2.48. The van der Waals surface area contributed by atoms with E-state index in [0.29, 0.717) is 0 Å². The van der Waals surface area contributed by atoms with Crippen molar-refractivity contribution >= 4 is 0 Å². The average molecular weight is 282 g/mol. The molecule has 0 heterocycles. The molecule has 1 N–H and O–H groups in total. The van der Waals surface area contributed by atoms with Crippen molar-refractivity contribution in [1.82, 2.24) is 0 Å². The van der Waals surface area contributed by atoms with Crippen LogP contribution in [0.4, 0.5) is 26.3 Å². The molecule has 0 spiro atoms. The molecule has 0 bridgehead atoms. The van der Waals surface area contributed by atoms with Crippen molar-refractivity contribution in [2.75, 3.05) is 6.61 Å². The van der Waals surface area contributed by atoms with Gasteiger partial charge in [0, 0.05) is 13.0 Å². The molecule has 0 amide bonds. The normalized spacial score (nSPS) is 29.5. The number of ether oxygens (including phenoxy) is 2. The standard InChI is InChI=1S/C9H12F6O3/c1-2-17-6-4(16)3-5(6)18-7(8(10,11)12)9(13,14)15/h4-7,16H,2-3H2,1H3.